The normalized spacial score (nSPS) is 11.8. The topological polar surface area (TPSA) is 26.3 Å². The summed E-state index contributed by atoms with van der Waals surface area (Å²) in [5.74, 6) is 0.374. The number of carbonyl (C=O) groups is 1. The number of halogens is 3. The Kier molecular flexibility index (Phi) is 5.95. The van der Waals surface area contributed by atoms with E-state index in [2.05, 4.69) is 4.74 Å². The zero-order chi connectivity index (χ0) is 14.3. The van der Waals surface area contributed by atoms with Gasteiger partial charge in [0.2, 0.25) is 0 Å². The maximum atomic E-state index is 12.2. The van der Waals surface area contributed by atoms with E-state index in [1.807, 2.05) is 0 Å². The first-order valence-corrected chi connectivity index (χ1v) is 6.52. The molecule has 0 heterocycles. The lowest BCUT2D eigenvalue weighted by molar-refractivity contribution is -0.274. The van der Waals surface area contributed by atoms with Crippen LogP contribution in [0.3, 0.4) is 0 Å². The number of ether oxygens (including phenoxy) is 1. The highest BCUT2D eigenvalue weighted by atomic mass is 32.2. The molecule has 0 fully saturated rings. The molecule has 0 radical (unpaired) electrons. The molecular formula is C13H13F3O2S. The van der Waals surface area contributed by atoms with Crippen molar-refractivity contribution in [2.75, 3.05) is 5.75 Å². The first-order valence-electron chi connectivity index (χ1n) is 5.53. The Morgan fingerprint density at radius 2 is 2.05 bits per heavy atom. The number of carbonyl (C=O) groups excluding carboxylic acids is 1. The SMILES string of the molecule is CC(=O)SCCC=Cc1ccccc1OC(F)(F)F. The van der Waals surface area contributed by atoms with Crippen LogP contribution in [0.4, 0.5) is 13.2 Å². The van der Waals surface area contributed by atoms with Crippen LogP contribution in [0.2, 0.25) is 0 Å². The largest absolute Gasteiger partial charge is 0.573 e. The van der Waals surface area contributed by atoms with E-state index in [0.717, 1.165) is 0 Å². The van der Waals surface area contributed by atoms with Crippen molar-refractivity contribution >= 4 is 23.0 Å². The van der Waals surface area contributed by atoms with Crippen molar-refractivity contribution in [1.82, 2.24) is 0 Å². The molecule has 0 saturated carbocycles. The van der Waals surface area contributed by atoms with E-state index in [-0.39, 0.29) is 10.9 Å². The Labute approximate surface area is 113 Å². The Hall–Kier alpha value is -1.43. The molecule has 0 aromatic heterocycles. The number of alkyl halides is 3. The summed E-state index contributed by atoms with van der Waals surface area (Å²) in [6, 6.07) is 5.91. The number of para-hydroxylation sites is 1. The van der Waals surface area contributed by atoms with Crippen LogP contribution in [0.1, 0.15) is 18.9 Å². The van der Waals surface area contributed by atoms with Crippen LogP contribution in [0, 0.1) is 0 Å². The average molecular weight is 290 g/mol. The molecule has 0 spiro atoms. The Morgan fingerprint density at radius 3 is 2.68 bits per heavy atom. The van der Waals surface area contributed by atoms with Crippen molar-refractivity contribution in [3.8, 4) is 5.75 Å². The average Bonchev–Trinajstić information content (AvgIpc) is 2.28. The van der Waals surface area contributed by atoms with Crippen molar-refractivity contribution in [3.63, 3.8) is 0 Å². The van der Waals surface area contributed by atoms with Gasteiger partial charge in [-0.05, 0) is 12.5 Å². The molecule has 0 atom stereocenters. The van der Waals surface area contributed by atoms with Crippen LogP contribution in [0.5, 0.6) is 5.75 Å². The summed E-state index contributed by atoms with van der Waals surface area (Å²) in [7, 11) is 0. The van der Waals surface area contributed by atoms with Gasteiger partial charge in [-0.25, -0.2) is 0 Å². The lowest BCUT2D eigenvalue weighted by Gasteiger charge is -2.10. The molecule has 104 valence electrons. The first-order chi connectivity index (χ1) is 8.88. The zero-order valence-electron chi connectivity index (χ0n) is 10.2. The van der Waals surface area contributed by atoms with E-state index < -0.39 is 6.36 Å². The van der Waals surface area contributed by atoms with Crippen molar-refractivity contribution in [2.24, 2.45) is 0 Å². The fourth-order valence-electron chi connectivity index (χ4n) is 1.32. The molecule has 2 nitrogen and oxygen atoms in total. The fraction of sp³-hybridized carbons (Fsp3) is 0.308. The minimum Gasteiger partial charge on any atom is -0.405 e. The summed E-state index contributed by atoms with van der Waals surface area (Å²) in [6.07, 6.45) is -0.824. The summed E-state index contributed by atoms with van der Waals surface area (Å²) in [5.41, 5.74) is 0.354. The number of thioether (sulfide) groups is 1. The van der Waals surface area contributed by atoms with Gasteiger partial charge in [0.1, 0.15) is 5.75 Å². The van der Waals surface area contributed by atoms with Gasteiger partial charge in [-0.3, -0.25) is 4.79 Å². The molecule has 1 aromatic rings. The quantitative estimate of drug-likeness (QED) is 0.758. The molecule has 19 heavy (non-hydrogen) atoms. The molecule has 0 saturated heterocycles. The van der Waals surface area contributed by atoms with Crippen LogP contribution in [-0.4, -0.2) is 17.2 Å². The molecule has 0 N–H and O–H groups in total. The zero-order valence-corrected chi connectivity index (χ0v) is 11.1. The van der Waals surface area contributed by atoms with Gasteiger partial charge in [0.05, 0.1) is 0 Å². The lowest BCUT2D eigenvalue weighted by Crippen LogP contribution is -2.17. The van der Waals surface area contributed by atoms with Crippen LogP contribution in [0.15, 0.2) is 30.3 Å². The highest BCUT2D eigenvalue weighted by Crippen LogP contribution is 2.27. The Balaban J connectivity index is 2.62. The lowest BCUT2D eigenvalue weighted by atomic mass is 10.2. The Bertz CT molecular complexity index is 455. The van der Waals surface area contributed by atoms with Gasteiger partial charge >= 0.3 is 6.36 Å². The third-order valence-electron chi connectivity index (χ3n) is 2.03. The van der Waals surface area contributed by atoms with Gasteiger partial charge in [0.25, 0.3) is 0 Å². The standard InChI is InChI=1S/C13H13F3O2S/c1-10(17)19-9-5-4-7-11-6-2-3-8-12(11)18-13(14,15)16/h2-4,6-8H,5,9H2,1H3. The molecule has 0 bridgehead atoms. The maximum absolute atomic E-state index is 12.2. The van der Waals surface area contributed by atoms with E-state index >= 15 is 0 Å². The van der Waals surface area contributed by atoms with Crippen LogP contribution >= 0.6 is 11.8 Å². The van der Waals surface area contributed by atoms with Crippen LogP contribution < -0.4 is 4.74 Å². The van der Waals surface area contributed by atoms with Crippen LogP contribution in [-0.2, 0) is 4.79 Å². The van der Waals surface area contributed by atoms with E-state index in [1.165, 1.54) is 36.9 Å². The van der Waals surface area contributed by atoms with Crippen molar-refractivity contribution in [1.29, 1.82) is 0 Å². The minimum atomic E-state index is -4.70. The number of allylic oxidation sites excluding steroid dienone is 1. The van der Waals surface area contributed by atoms with Crippen molar-refractivity contribution < 1.29 is 22.7 Å². The summed E-state index contributed by atoms with van der Waals surface area (Å²) >= 11 is 1.18. The van der Waals surface area contributed by atoms with E-state index in [9.17, 15) is 18.0 Å². The highest BCUT2D eigenvalue weighted by molar-refractivity contribution is 8.13. The third kappa shape index (κ3) is 6.91. The first kappa shape index (κ1) is 15.6. The van der Waals surface area contributed by atoms with Gasteiger partial charge in [0.15, 0.2) is 5.12 Å². The fourth-order valence-corrected chi connectivity index (χ4v) is 1.86. The molecule has 0 aliphatic carbocycles. The smallest absolute Gasteiger partial charge is 0.405 e. The van der Waals surface area contributed by atoms with E-state index in [1.54, 1.807) is 18.2 Å². The summed E-state index contributed by atoms with van der Waals surface area (Å²) in [6.45, 7) is 1.47. The predicted molar refractivity (Wildman–Crippen MR) is 69.9 cm³/mol. The van der Waals surface area contributed by atoms with Crippen molar-refractivity contribution in [3.05, 3.63) is 35.9 Å². The van der Waals surface area contributed by atoms with Crippen molar-refractivity contribution in [2.45, 2.75) is 19.7 Å². The Morgan fingerprint density at radius 1 is 1.37 bits per heavy atom. The molecule has 1 rings (SSSR count). The maximum Gasteiger partial charge on any atom is 0.573 e. The number of hydrogen-bond donors (Lipinski definition) is 0. The molecule has 0 aliphatic heterocycles. The second kappa shape index (κ2) is 7.23. The van der Waals surface area contributed by atoms with E-state index in [0.29, 0.717) is 17.7 Å². The molecular weight excluding hydrogens is 277 g/mol. The number of benzene rings is 1. The number of rotatable bonds is 5. The molecule has 1 aromatic carbocycles. The number of hydrogen-bond acceptors (Lipinski definition) is 3. The van der Waals surface area contributed by atoms with Gasteiger partial charge in [-0.15, -0.1) is 13.2 Å². The predicted octanol–water partition coefficient (Wildman–Crippen LogP) is 4.27. The summed E-state index contributed by atoms with van der Waals surface area (Å²) in [5, 5.41) is 0.0224. The molecule has 0 aliphatic rings. The molecule has 0 amide bonds. The van der Waals surface area contributed by atoms with Gasteiger partial charge in [0, 0.05) is 18.2 Å². The van der Waals surface area contributed by atoms with Gasteiger partial charge < -0.3 is 4.74 Å². The minimum absolute atomic E-state index is 0.0224. The monoisotopic (exact) mass is 290 g/mol. The second-order valence-corrected chi connectivity index (χ2v) is 4.89. The molecule has 0 unspecified atom stereocenters. The summed E-state index contributed by atoms with van der Waals surface area (Å²) in [4.78, 5) is 10.7. The summed E-state index contributed by atoms with van der Waals surface area (Å²) < 4.78 is 40.4. The van der Waals surface area contributed by atoms with E-state index in [4.69, 9.17) is 0 Å². The highest BCUT2D eigenvalue weighted by Gasteiger charge is 2.31. The van der Waals surface area contributed by atoms with Crippen LogP contribution in [0.25, 0.3) is 6.08 Å². The van der Waals surface area contributed by atoms with Gasteiger partial charge in [-0.1, -0.05) is 42.1 Å². The van der Waals surface area contributed by atoms with Gasteiger partial charge in [-0.2, -0.15) is 0 Å². The second-order valence-electron chi connectivity index (χ2n) is 3.62. The molecule has 6 heteroatoms. The third-order valence-corrected chi connectivity index (χ3v) is 2.88.